The number of amides is 1. The molecule has 4 rings (SSSR count). The minimum Gasteiger partial charge on any atom is -0.492 e. The fourth-order valence-corrected chi connectivity index (χ4v) is 4.85. The summed E-state index contributed by atoms with van der Waals surface area (Å²) in [6.45, 7) is 3.21. The number of rotatable bonds is 5. The van der Waals surface area contributed by atoms with Crippen LogP contribution in [0.1, 0.15) is 45.7 Å². The maximum atomic E-state index is 12.7. The van der Waals surface area contributed by atoms with Crippen molar-refractivity contribution in [2.45, 2.75) is 32.7 Å². The smallest absolute Gasteiger partial charge is 0.353 e. The Morgan fingerprint density at radius 2 is 1.85 bits per heavy atom. The fraction of sp³-hybridized carbons (Fsp3) is 0.269. The fourth-order valence-electron chi connectivity index (χ4n) is 4.25. The molecule has 0 radical (unpaired) electrons. The average Bonchev–Trinajstić information content (AvgIpc) is 3.26. The van der Waals surface area contributed by atoms with Crippen molar-refractivity contribution in [3.05, 3.63) is 73.6 Å². The summed E-state index contributed by atoms with van der Waals surface area (Å²) in [6.07, 6.45) is 1.10. The highest BCUT2D eigenvalue weighted by atomic mass is 32.1. The maximum absolute atomic E-state index is 12.7. The van der Waals surface area contributed by atoms with E-state index in [0.29, 0.717) is 34.6 Å². The molecular formula is C26H25NO6S. The number of ether oxygens (including phenoxy) is 3. The summed E-state index contributed by atoms with van der Waals surface area (Å²) >= 11 is 1.29. The molecular weight excluding hydrogens is 454 g/mol. The van der Waals surface area contributed by atoms with Crippen molar-refractivity contribution in [3.8, 4) is 28.4 Å². The minimum atomic E-state index is -0.488. The number of hydrogen-bond donors (Lipinski definition) is 1. The highest BCUT2D eigenvalue weighted by molar-refractivity contribution is 7.12. The molecule has 1 aromatic heterocycles. The highest BCUT2D eigenvalue weighted by Gasteiger charge is 2.30. The zero-order valence-electron chi connectivity index (χ0n) is 19.4. The maximum Gasteiger partial charge on any atom is 0.353 e. The van der Waals surface area contributed by atoms with Crippen molar-refractivity contribution in [2.75, 3.05) is 14.2 Å². The van der Waals surface area contributed by atoms with Crippen LogP contribution < -0.4 is 25.0 Å². The van der Waals surface area contributed by atoms with Gasteiger partial charge in [-0.3, -0.25) is 9.59 Å². The van der Waals surface area contributed by atoms with Gasteiger partial charge in [0.15, 0.2) is 16.9 Å². The van der Waals surface area contributed by atoms with Crippen molar-refractivity contribution in [2.24, 2.45) is 0 Å². The van der Waals surface area contributed by atoms with E-state index >= 15 is 0 Å². The number of fused-ring (bicyclic) bond motifs is 3. The Morgan fingerprint density at radius 1 is 1.09 bits per heavy atom. The Bertz CT molecular complexity index is 1320. The second-order valence-electron chi connectivity index (χ2n) is 8.03. The van der Waals surface area contributed by atoms with Crippen molar-refractivity contribution >= 4 is 23.2 Å². The lowest BCUT2D eigenvalue weighted by atomic mass is 9.95. The van der Waals surface area contributed by atoms with E-state index < -0.39 is 5.97 Å². The third-order valence-electron chi connectivity index (χ3n) is 5.83. The number of carbonyl (C=O) groups excluding carboxylic acids is 2. The molecule has 1 N–H and O–H groups in total. The van der Waals surface area contributed by atoms with Crippen LogP contribution in [0.4, 0.5) is 0 Å². The van der Waals surface area contributed by atoms with Gasteiger partial charge in [0.2, 0.25) is 11.7 Å². The van der Waals surface area contributed by atoms with Gasteiger partial charge in [-0.2, -0.15) is 0 Å². The van der Waals surface area contributed by atoms with Crippen molar-refractivity contribution in [3.63, 3.8) is 0 Å². The van der Waals surface area contributed by atoms with Crippen molar-refractivity contribution in [1.29, 1.82) is 0 Å². The van der Waals surface area contributed by atoms with Gasteiger partial charge < -0.3 is 19.5 Å². The Balaban J connectivity index is 1.95. The lowest BCUT2D eigenvalue weighted by molar-refractivity contribution is -0.119. The lowest BCUT2D eigenvalue weighted by Crippen LogP contribution is -2.26. The molecule has 7 nitrogen and oxygen atoms in total. The molecule has 0 saturated carbocycles. The third kappa shape index (κ3) is 4.41. The summed E-state index contributed by atoms with van der Waals surface area (Å²) in [5.41, 5.74) is 3.53. The summed E-state index contributed by atoms with van der Waals surface area (Å²) in [5.74, 6) is 0.249. The molecule has 1 atom stereocenters. The average molecular weight is 480 g/mol. The highest BCUT2D eigenvalue weighted by Crippen LogP contribution is 2.50. The quantitative estimate of drug-likeness (QED) is 0.430. The number of hydrogen-bond acceptors (Lipinski definition) is 7. The number of esters is 1. The second-order valence-corrected chi connectivity index (χ2v) is 8.98. The van der Waals surface area contributed by atoms with Crippen LogP contribution in [0.3, 0.4) is 0 Å². The number of benzene rings is 1. The molecule has 0 spiro atoms. The molecule has 8 heteroatoms. The molecule has 0 saturated heterocycles. The third-order valence-corrected chi connectivity index (χ3v) is 6.68. The van der Waals surface area contributed by atoms with Crippen LogP contribution in [0.5, 0.6) is 17.2 Å². The molecule has 3 aromatic rings. The topological polar surface area (TPSA) is 90.9 Å². The number of methoxy groups -OCH3 is 2. The van der Waals surface area contributed by atoms with Gasteiger partial charge in [0, 0.05) is 12.5 Å². The van der Waals surface area contributed by atoms with Crippen LogP contribution in [0.15, 0.2) is 46.6 Å². The first-order chi connectivity index (χ1) is 16.3. The van der Waals surface area contributed by atoms with Gasteiger partial charge in [-0.05, 0) is 65.6 Å². The zero-order chi connectivity index (χ0) is 24.4. The van der Waals surface area contributed by atoms with E-state index in [2.05, 4.69) is 5.32 Å². The molecule has 1 amide bonds. The Labute approximate surface area is 201 Å². The second kappa shape index (κ2) is 9.69. The number of nitrogens with one attached hydrogen (secondary N) is 1. The summed E-state index contributed by atoms with van der Waals surface area (Å²) in [5, 5.41) is 4.77. The molecule has 0 bridgehead atoms. The minimum absolute atomic E-state index is 0.118. The van der Waals surface area contributed by atoms with Gasteiger partial charge in [-0.25, -0.2) is 4.79 Å². The van der Waals surface area contributed by atoms with E-state index in [1.54, 1.807) is 42.6 Å². The van der Waals surface area contributed by atoms with Gasteiger partial charge in [0.25, 0.3) is 0 Å². The molecule has 1 aliphatic carbocycles. The summed E-state index contributed by atoms with van der Waals surface area (Å²) in [4.78, 5) is 37.8. The zero-order valence-corrected chi connectivity index (χ0v) is 20.2. The number of carbonyl (C=O) groups is 2. The van der Waals surface area contributed by atoms with Gasteiger partial charge in [0.05, 0.1) is 20.3 Å². The first-order valence-corrected chi connectivity index (χ1v) is 11.7. The van der Waals surface area contributed by atoms with E-state index in [0.717, 1.165) is 16.7 Å². The van der Waals surface area contributed by atoms with Gasteiger partial charge in [0.1, 0.15) is 4.88 Å². The molecule has 1 aliphatic rings. The standard InChI is InChI=1S/C26H25NO6S/c1-14-7-9-17-18(13-20(14)29)19(27-15(2)28)10-8-16-12-21(24(31-3)25(32-4)23(16)17)33-26(30)22-6-5-11-34-22/h5-7,9,11-13,19H,8,10H2,1-4H3,(H,27,28). The number of thiophene rings is 1. The van der Waals surface area contributed by atoms with Crippen LogP contribution in [0.2, 0.25) is 0 Å². The van der Waals surface area contributed by atoms with E-state index in [-0.39, 0.29) is 28.9 Å². The van der Waals surface area contributed by atoms with E-state index in [1.165, 1.54) is 32.5 Å². The van der Waals surface area contributed by atoms with Gasteiger partial charge in [-0.15, -0.1) is 11.3 Å². The lowest BCUT2D eigenvalue weighted by Gasteiger charge is -2.20. The largest absolute Gasteiger partial charge is 0.492 e. The molecule has 34 heavy (non-hydrogen) atoms. The Morgan fingerprint density at radius 3 is 2.50 bits per heavy atom. The Kier molecular flexibility index (Phi) is 6.70. The Hall–Kier alpha value is -3.65. The van der Waals surface area contributed by atoms with E-state index in [9.17, 15) is 14.4 Å². The van der Waals surface area contributed by atoms with Crippen molar-refractivity contribution in [1.82, 2.24) is 5.32 Å². The van der Waals surface area contributed by atoms with Crippen LogP contribution in [-0.2, 0) is 11.2 Å². The van der Waals surface area contributed by atoms with E-state index in [1.807, 2.05) is 6.07 Å². The summed E-state index contributed by atoms with van der Waals surface area (Å²) < 4.78 is 17.1. The summed E-state index contributed by atoms with van der Waals surface area (Å²) in [6, 6.07) is 10.1. The predicted octanol–water partition coefficient (Wildman–Crippen LogP) is 4.44. The number of aryl methyl sites for hydroxylation is 2. The van der Waals surface area contributed by atoms with Crippen molar-refractivity contribution < 1.29 is 23.8 Å². The molecule has 1 unspecified atom stereocenters. The van der Waals surface area contributed by atoms with Crippen LogP contribution >= 0.6 is 11.3 Å². The molecule has 0 aliphatic heterocycles. The van der Waals surface area contributed by atoms with Gasteiger partial charge >= 0.3 is 5.97 Å². The van der Waals surface area contributed by atoms with E-state index in [4.69, 9.17) is 14.2 Å². The van der Waals surface area contributed by atoms with Crippen LogP contribution in [0.25, 0.3) is 11.1 Å². The van der Waals surface area contributed by atoms with Crippen LogP contribution in [0, 0.1) is 6.92 Å². The van der Waals surface area contributed by atoms with Gasteiger partial charge in [-0.1, -0.05) is 18.2 Å². The predicted molar refractivity (Wildman–Crippen MR) is 130 cm³/mol. The molecule has 1 heterocycles. The summed E-state index contributed by atoms with van der Waals surface area (Å²) in [7, 11) is 3.00. The molecule has 176 valence electrons. The normalized spacial score (nSPS) is 14.3. The monoisotopic (exact) mass is 479 g/mol. The SMILES string of the molecule is COc1c(OC(=O)c2cccs2)cc2c(c1OC)-c1ccc(C)c(=O)cc1C(NC(C)=O)CC2. The first kappa shape index (κ1) is 23.5. The molecule has 0 fully saturated rings. The first-order valence-electron chi connectivity index (χ1n) is 10.8. The van der Waals surface area contributed by atoms with Crippen LogP contribution in [-0.4, -0.2) is 26.1 Å². The molecule has 2 aromatic carbocycles.